The van der Waals surface area contributed by atoms with Crippen molar-refractivity contribution in [3.8, 4) is 6.07 Å². The number of anilines is 1. The third-order valence-corrected chi connectivity index (χ3v) is 4.28. The molecule has 0 fully saturated rings. The topological polar surface area (TPSA) is 115 Å². The predicted octanol–water partition coefficient (Wildman–Crippen LogP) is 4.87. The molecule has 0 spiro atoms. The van der Waals surface area contributed by atoms with Gasteiger partial charge in [0.15, 0.2) is 0 Å². The Balaban J connectivity index is 1.98. The molecule has 0 aliphatic carbocycles. The van der Waals surface area contributed by atoms with Crippen LogP contribution in [0.5, 0.6) is 0 Å². The van der Waals surface area contributed by atoms with E-state index in [2.05, 4.69) is 15.1 Å². The zero-order chi connectivity index (χ0) is 20.4. The Morgan fingerprint density at radius 3 is 2.46 bits per heavy atom. The number of aliphatic hydroxyl groups is 1. The first-order valence-corrected chi connectivity index (χ1v) is 9.07. The van der Waals surface area contributed by atoms with Crippen LogP contribution in [0.25, 0.3) is 0 Å². The molecule has 0 aromatic heterocycles. The van der Waals surface area contributed by atoms with E-state index in [1.54, 1.807) is 0 Å². The number of nitro benzene ring substituents is 1. The highest BCUT2D eigenvalue weighted by Gasteiger charge is 2.10. The number of benzene rings is 2. The number of hydrogen-bond donors (Lipinski definition) is 1. The van der Waals surface area contributed by atoms with E-state index in [1.807, 2.05) is 37.4 Å². The molecule has 0 atom stereocenters. The van der Waals surface area contributed by atoms with Crippen molar-refractivity contribution in [1.82, 2.24) is 0 Å². The predicted molar refractivity (Wildman–Crippen MR) is 107 cm³/mol. The van der Waals surface area contributed by atoms with Crippen LogP contribution in [-0.2, 0) is 0 Å². The van der Waals surface area contributed by atoms with E-state index < -0.39 is 4.92 Å². The number of hydrogen-bond acceptors (Lipinski definition) is 7. The van der Waals surface area contributed by atoms with Crippen molar-refractivity contribution in [1.29, 1.82) is 5.26 Å². The minimum Gasteiger partial charge on any atom is -0.396 e. The second kappa shape index (κ2) is 10.7. The third-order valence-electron chi connectivity index (χ3n) is 4.28. The molecule has 0 amide bonds. The van der Waals surface area contributed by atoms with Gasteiger partial charge in [-0.25, -0.2) is 0 Å². The molecule has 2 rings (SSSR count). The fourth-order valence-electron chi connectivity index (χ4n) is 2.64. The van der Waals surface area contributed by atoms with E-state index in [1.165, 1.54) is 18.2 Å². The molecule has 0 saturated carbocycles. The number of non-ortho nitro benzene ring substituents is 1. The zero-order valence-electron chi connectivity index (χ0n) is 15.8. The Labute approximate surface area is 163 Å². The number of rotatable bonds is 10. The summed E-state index contributed by atoms with van der Waals surface area (Å²) in [4.78, 5) is 12.4. The molecule has 0 unspecified atom stereocenters. The molecular weight excluding hydrogens is 358 g/mol. The summed E-state index contributed by atoms with van der Waals surface area (Å²) in [6, 6.07) is 13.4. The van der Waals surface area contributed by atoms with E-state index >= 15 is 0 Å². The van der Waals surface area contributed by atoms with Crippen molar-refractivity contribution in [2.45, 2.75) is 25.7 Å². The van der Waals surface area contributed by atoms with Crippen LogP contribution in [0, 0.1) is 21.4 Å². The monoisotopic (exact) mass is 381 g/mol. The summed E-state index contributed by atoms with van der Waals surface area (Å²) in [5, 5.41) is 36.9. The van der Waals surface area contributed by atoms with Crippen molar-refractivity contribution in [2.24, 2.45) is 10.2 Å². The Hall–Kier alpha value is -3.31. The average Bonchev–Trinajstić information content (AvgIpc) is 2.72. The summed E-state index contributed by atoms with van der Waals surface area (Å²) in [6.07, 6.45) is 4.05. The number of nitriles is 1. The van der Waals surface area contributed by atoms with Gasteiger partial charge in [-0.1, -0.05) is 12.8 Å². The largest absolute Gasteiger partial charge is 0.396 e. The minimum absolute atomic E-state index is 0.107. The molecule has 2 aromatic carbocycles. The third kappa shape index (κ3) is 6.14. The lowest BCUT2D eigenvalue weighted by atomic mass is 10.2. The van der Waals surface area contributed by atoms with Gasteiger partial charge in [0, 0.05) is 38.0 Å². The molecule has 0 heterocycles. The first-order chi connectivity index (χ1) is 13.5. The Morgan fingerprint density at radius 2 is 1.82 bits per heavy atom. The molecule has 28 heavy (non-hydrogen) atoms. The van der Waals surface area contributed by atoms with Crippen LogP contribution in [0.2, 0.25) is 0 Å². The molecule has 2 aromatic rings. The summed E-state index contributed by atoms with van der Waals surface area (Å²) in [6.45, 7) is 1.18. The van der Waals surface area contributed by atoms with Crippen molar-refractivity contribution >= 4 is 22.7 Å². The zero-order valence-corrected chi connectivity index (χ0v) is 15.8. The summed E-state index contributed by atoms with van der Waals surface area (Å²) >= 11 is 0. The van der Waals surface area contributed by atoms with Gasteiger partial charge < -0.3 is 10.0 Å². The Morgan fingerprint density at radius 1 is 1.11 bits per heavy atom. The fraction of sp³-hybridized carbons (Fsp3) is 0.350. The second-order valence-electron chi connectivity index (χ2n) is 6.35. The van der Waals surface area contributed by atoms with Gasteiger partial charge >= 0.3 is 0 Å². The molecule has 0 radical (unpaired) electrons. The quantitative estimate of drug-likeness (QED) is 0.273. The molecule has 0 saturated heterocycles. The lowest BCUT2D eigenvalue weighted by molar-refractivity contribution is -0.384. The summed E-state index contributed by atoms with van der Waals surface area (Å²) < 4.78 is 0. The number of aliphatic hydroxyl groups excluding tert-OH is 1. The lowest BCUT2D eigenvalue weighted by Gasteiger charge is -2.19. The van der Waals surface area contributed by atoms with Gasteiger partial charge in [-0.2, -0.15) is 10.4 Å². The first-order valence-electron chi connectivity index (χ1n) is 9.07. The average molecular weight is 381 g/mol. The maximum absolute atomic E-state index is 10.8. The minimum atomic E-state index is -0.552. The SMILES string of the molecule is CN(CCCCCCO)c1ccc(N=Nc2ccc([N+](=O)[O-])cc2C#N)cc1. The molecule has 0 aliphatic rings. The van der Waals surface area contributed by atoms with Gasteiger partial charge in [0.2, 0.25) is 0 Å². The smallest absolute Gasteiger partial charge is 0.270 e. The maximum Gasteiger partial charge on any atom is 0.270 e. The van der Waals surface area contributed by atoms with E-state index in [9.17, 15) is 10.1 Å². The molecule has 1 N–H and O–H groups in total. The fourth-order valence-corrected chi connectivity index (χ4v) is 2.64. The maximum atomic E-state index is 10.8. The number of azo groups is 1. The number of nitrogens with zero attached hydrogens (tertiary/aromatic N) is 5. The summed E-state index contributed by atoms with van der Waals surface area (Å²) in [7, 11) is 2.03. The van der Waals surface area contributed by atoms with Gasteiger partial charge in [-0.05, 0) is 43.2 Å². The van der Waals surface area contributed by atoms with Crippen LogP contribution in [0.3, 0.4) is 0 Å². The second-order valence-corrected chi connectivity index (χ2v) is 6.35. The number of unbranched alkanes of at least 4 members (excludes halogenated alkanes) is 3. The summed E-state index contributed by atoms with van der Waals surface area (Å²) in [5.41, 5.74) is 1.93. The van der Waals surface area contributed by atoms with E-state index in [-0.39, 0.29) is 23.5 Å². The molecular formula is C20H23N5O3. The van der Waals surface area contributed by atoms with Gasteiger partial charge in [0.1, 0.15) is 11.8 Å². The Bertz CT molecular complexity index is 859. The summed E-state index contributed by atoms with van der Waals surface area (Å²) in [5.74, 6) is 0. The van der Waals surface area contributed by atoms with E-state index in [0.29, 0.717) is 5.69 Å². The highest BCUT2D eigenvalue weighted by Crippen LogP contribution is 2.26. The van der Waals surface area contributed by atoms with Crippen LogP contribution in [0.1, 0.15) is 31.2 Å². The molecule has 0 bridgehead atoms. The van der Waals surface area contributed by atoms with Crippen LogP contribution < -0.4 is 4.90 Å². The Kier molecular flexibility index (Phi) is 8.06. The van der Waals surface area contributed by atoms with Crippen LogP contribution >= 0.6 is 0 Å². The molecule has 0 aliphatic heterocycles. The highest BCUT2D eigenvalue weighted by atomic mass is 16.6. The van der Waals surface area contributed by atoms with Crippen molar-refractivity contribution in [3.05, 3.63) is 58.1 Å². The van der Waals surface area contributed by atoms with Crippen molar-refractivity contribution in [2.75, 3.05) is 25.1 Å². The van der Waals surface area contributed by atoms with Gasteiger partial charge in [0.25, 0.3) is 5.69 Å². The van der Waals surface area contributed by atoms with Crippen LogP contribution in [0.15, 0.2) is 52.7 Å². The molecule has 146 valence electrons. The standard InChI is InChI=1S/C20H23N5O3/c1-24(12-4-2-3-5-13-26)18-8-6-17(7-9-18)22-23-20-11-10-19(25(27)28)14-16(20)15-21/h6-11,14,26H,2-5,12-13H2,1H3. The van der Waals surface area contributed by atoms with Crippen LogP contribution in [0.4, 0.5) is 22.7 Å². The normalized spacial score (nSPS) is 10.8. The van der Waals surface area contributed by atoms with Gasteiger partial charge in [-0.3, -0.25) is 10.1 Å². The van der Waals surface area contributed by atoms with E-state index in [4.69, 9.17) is 10.4 Å². The van der Waals surface area contributed by atoms with Gasteiger partial charge in [0.05, 0.1) is 16.2 Å². The van der Waals surface area contributed by atoms with Crippen molar-refractivity contribution in [3.63, 3.8) is 0 Å². The highest BCUT2D eigenvalue weighted by molar-refractivity contribution is 5.58. The van der Waals surface area contributed by atoms with E-state index in [0.717, 1.165) is 37.9 Å². The van der Waals surface area contributed by atoms with Gasteiger partial charge in [-0.15, -0.1) is 5.11 Å². The first kappa shape index (κ1) is 21.0. The molecule has 8 heteroatoms. The molecule has 8 nitrogen and oxygen atoms in total. The van der Waals surface area contributed by atoms with Crippen molar-refractivity contribution < 1.29 is 10.0 Å². The lowest BCUT2D eigenvalue weighted by Crippen LogP contribution is -2.18. The van der Waals surface area contributed by atoms with Crippen LogP contribution in [-0.4, -0.2) is 30.2 Å². The number of nitro groups is 1.